The number of nitrogens with zero attached hydrogens (tertiary/aromatic N) is 1. The SMILES string of the molecule is CC1CCc2c(ccc(/C(N)=C/N)c2Oc2ccccc2)N1C. The highest BCUT2D eigenvalue weighted by atomic mass is 16.5. The molecule has 2 aromatic rings. The summed E-state index contributed by atoms with van der Waals surface area (Å²) >= 11 is 0. The number of hydrogen-bond acceptors (Lipinski definition) is 4. The molecule has 120 valence electrons. The fourth-order valence-electron chi connectivity index (χ4n) is 3.01. The Morgan fingerprint density at radius 3 is 2.65 bits per heavy atom. The van der Waals surface area contributed by atoms with Crippen LogP contribution in [0.2, 0.25) is 0 Å². The van der Waals surface area contributed by atoms with Gasteiger partial charge in [-0.2, -0.15) is 0 Å². The second kappa shape index (κ2) is 6.24. The standard InChI is InChI=1S/C19H23N3O/c1-13-8-9-16-18(22(13)2)11-10-15(17(21)12-20)19(16)23-14-6-4-3-5-7-14/h3-7,10-13H,8-9,20-21H2,1-2H3/b17-12-. The monoisotopic (exact) mass is 309 g/mol. The van der Waals surface area contributed by atoms with Gasteiger partial charge in [-0.05, 0) is 44.0 Å². The van der Waals surface area contributed by atoms with Gasteiger partial charge in [-0.25, -0.2) is 0 Å². The maximum atomic E-state index is 6.21. The lowest BCUT2D eigenvalue weighted by atomic mass is 9.93. The predicted molar refractivity (Wildman–Crippen MR) is 95.5 cm³/mol. The van der Waals surface area contributed by atoms with Crippen molar-refractivity contribution in [1.82, 2.24) is 0 Å². The third-order valence-corrected chi connectivity index (χ3v) is 4.54. The zero-order valence-electron chi connectivity index (χ0n) is 13.6. The van der Waals surface area contributed by atoms with Gasteiger partial charge in [-0.1, -0.05) is 18.2 Å². The highest BCUT2D eigenvalue weighted by Crippen LogP contribution is 2.41. The summed E-state index contributed by atoms with van der Waals surface area (Å²) in [6, 6.07) is 14.4. The van der Waals surface area contributed by atoms with Crippen LogP contribution in [0.4, 0.5) is 5.69 Å². The highest BCUT2D eigenvalue weighted by molar-refractivity contribution is 5.75. The van der Waals surface area contributed by atoms with Crippen LogP contribution in [0.1, 0.15) is 24.5 Å². The van der Waals surface area contributed by atoms with Crippen LogP contribution < -0.4 is 21.1 Å². The smallest absolute Gasteiger partial charge is 0.142 e. The van der Waals surface area contributed by atoms with Crippen molar-refractivity contribution in [2.45, 2.75) is 25.8 Å². The third-order valence-electron chi connectivity index (χ3n) is 4.54. The lowest BCUT2D eigenvalue weighted by Gasteiger charge is -2.35. The van der Waals surface area contributed by atoms with E-state index in [9.17, 15) is 0 Å². The van der Waals surface area contributed by atoms with Crippen LogP contribution in [0.5, 0.6) is 11.5 Å². The lowest BCUT2D eigenvalue weighted by molar-refractivity contribution is 0.467. The number of hydrogen-bond donors (Lipinski definition) is 2. The number of anilines is 1. The maximum Gasteiger partial charge on any atom is 0.142 e. The van der Waals surface area contributed by atoms with Crippen LogP contribution in [0, 0.1) is 0 Å². The Bertz CT molecular complexity index is 725. The van der Waals surface area contributed by atoms with Crippen LogP contribution in [-0.4, -0.2) is 13.1 Å². The molecule has 1 heterocycles. The second-order valence-electron chi connectivity index (χ2n) is 5.98. The molecule has 0 bridgehead atoms. The third kappa shape index (κ3) is 2.84. The van der Waals surface area contributed by atoms with Gasteiger partial charge in [0.25, 0.3) is 0 Å². The van der Waals surface area contributed by atoms with Gasteiger partial charge in [0.15, 0.2) is 0 Å². The van der Waals surface area contributed by atoms with Gasteiger partial charge >= 0.3 is 0 Å². The quantitative estimate of drug-likeness (QED) is 0.911. The molecular formula is C19H23N3O. The van der Waals surface area contributed by atoms with Crippen molar-refractivity contribution in [3.63, 3.8) is 0 Å². The van der Waals surface area contributed by atoms with Crippen LogP contribution >= 0.6 is 0 Å². The van der Waals surface area contributed by atoms with Gasteiger partial charge in [-0.3, -0.25) is 0 Å². The van der Waals surface area contributed by atoms with E-state index >= 15 is 0 Å². The van der Waals surface area contributed by atoms with Crippen molar-refractivity contribution < 1.29 is 4.74 Å². The summed E-state index contributed by atoms with van der Waals surface area (Å²) in [6.07, 6.45) is 3.48. The van der Waals surface area contributed by atoms with Gasteiger partial charge in [0.05, 0.1) is 5.70 Å². The predicted octanol–water partition coefficient (Wildman–Crippen LogP) is 3.47. The number of para-hydroxylation sites is 1. The fourth-order valence-corrected chi connectivity index (χ4v) is 3.01. The fraction of sp³-hybridized carbons (Fsp3) is 0.263. The van der Waals surface area contributed by atoms with Gasteiger partial charge in [0.1, 0.15) is 11.5 Å². The summed E-state index contributed by atoms with van der Waals surface area (Å²) in [5, 5.41) is 0. The van der Waals surface area contributed by atoms with Gasteiger partial charge in [-0.15, -0.1) is 0 Å². The number of ether oxygens (including phenoxy) is 1. The first-order valence-electron chi connectivity index (χ1n) is 7.91. The molecule has 4 nitrogen and oxygen atoms in total. The van der Waals surface area contributed by atoms with Gasteiger partial charge < -0.3 is 21.1 Å². The molecular weight excluding hydrogens is 286 g/mol. The van der Waals surface area contributed by atoms with Gasteiger partial charge in [0, 0.05) is 36.1 Å². The van der Waals surface area contributed by atoms with Gasteiger partial charge in [0.2, 0.25) is 0 Å². The molecule has 0 saturated heterocycles. The molecule has 0 aliphatic carbocycles. The topological polar surface area (TPSA) is 64.5 Å². The maximum absolute atomic E-state index is 6.21. The van der Waals surface area contributed by atoms with Crippen LogP contribution in [-0.2, 0) is 6.42 Å². The highest BCUT2D eigenvalue weighted by Gasteiger charge is 2.25. The summed E-state index contributed by atoms with van der Waals surface area (Å²) < 4.78 is 6.21. The van der Waals surface area contributed by atoms with E-state index in [2.05, 4.69) is 24.9 Å². The molecule has 23 heavy (non-hydrogen) atoms. The molecule has 1 unspecified atom stereocenters. The van der Waals surface area contributed by atoms with Crippen molar-refractivity contribution in [2.24, 2.45) is 11.5 Å². The van der Waals surface area contributed by atoms with Crippen molar-refractivity contribution in [1.29, 1.82) is 0 Å². The minimum Gasteiger partial charge on any atom is -0.456 e. The molecule has 0 amide bonds. The van der Waals surface area contributed by atoms with E-state index < -0.39 is 0 Å². The molecule has 0 aromatic heterocycles. The molecule has 0 spiro atoms. The van der Waals surface area contributed by atoms with E-state index in [-0.39, 0.29) is 0 Å². The lowest BCUT2D eigenvalue weighted by Crippen LogP contribution is -2.33. The van der Waals surface area contributed by atoms with Crippen LogP contribution in [0.3, 0.4) is 0 Å². The Hall–Kier alpha value is -2.62. The number of fused-ring (bicyclic) bond motifs is 1. The normalized spacial score (nSPS) is 17.7. The largest absolute Gasteiger partial charge is 0.456 e. The van der Waals surface area contributed by atoms with Crippen LogP contribution in [0.15, 0.2) is 48.7 Å². The molecule has 2 aromatic carbocycles. The molecule has 0 fully saturated rings. The van der Waals surface area contributed by atoms with E-state index in [1.807, 2.05) is 36.4 Å². The van der Waals surface area contributed by atoms with Crippen molar-refractivity contribution in [3.8, 4) is 11.5 Å². The van der Waals surface area contributed by atoms with E-state index in [1.165, 1.54) is 17.5 Å². The van der Waals surface area contributed by atoms with E-state index in [1.54, 1.807) is 0 Å². The number of rotatable bonds is 3. The van der Waals surface area contributed by atoms with Crippen molar-refractivity contribution in [3.05, 3.63) is 59.8 Å². The first-order valence-corrected chi connectivity index (χ1v) is 7.91. The molecule has 1 aliphatic heterocycles. The molecule has 3 rings (SSSR count). The van der Waals surface area contributed by atoms with E-state index in [4.69, 9.17) is 16.2 Å². The Kier molecular flexibility index (Phi) is 4.15. The zero-order valence-corrected chi connectivity index (χ0v) is 13.6. The van der Waals surface area contributed by atoms with E-state index in [0.717, 1.165) is 29.9 Å². The summed E-state index contributed by atoms with van der Waals surface area (Å²) in [6.45, 7) is 2.24. The average molecular weight is 309 g/mol. The summed E-state index contributed by atoms with van der Waals surface area (Å²) in [5.41, 5.74) is 15.5. The Morgan fingerprint density at radius 1 is 1.22 bits per heavy atom. The summed E-state index contributed by atoms with van der Waals surface area (Å²) in [7, 11) is 2.12. The Balaban J connectivity index is 2.13. The van der Waals surface area contributed by atoms with Crippen LogP contribution in [0.25, 0.3) is 5.70 Å². The summed E-state index contributed by atoms with van der Waals surface area (Å²) in [4.78, 5) is 2.29. The summed E-state index contributed by atoms with van der Waals surface area (Å²) in [5.74, 6) is 1.61. The Morgan fingerprint density at radius 2 is 1.96 bits per heavy atom. The first kappa shape index (κ1) is 15.3. The molecule has 0 radical (unpaired) electrons. The molecule has 0 saturated carbocycles. The molecule has 4 heteroatoms. The minimum absolute atomic E-state index is 0.514. The minimum atomic E-state index is 0.514. The van der Waals surface area contributed by atoms with Crippen molar-refractivity contribution in [2.75, 3.05) is 11.9 Å². The first-order chi connectivity index (χ1) is 11.1. The molecule has 4 N–H and O–H groups in total. The average Bonchev–Trinajstić information content (AvgIpc) is 2.58. The van der Waals surface area contributed by atoms with E-state index in [0.29, 0.717) is 11.7 Å². The van der Waals surface area contributed by atoms with Crippen molar-refractivity contribution >= 4 is 11.4 Å². The number of benzene rings is 2. The molecule has 1 atom stereocenters. The number of nitrogens with two attached hydrogens (primary N) is 2. The molecule has 1 aliphatic rings. The second-order valence-corrected chi connectivity index (χ2v) is 5.98. The zero-order chi connectivity index (χ0) is 16.4. The Labute approximate surface area is 137 Å².